The van der Waals surface area contributed by atoms with E-state index in [1.54, 1.807) is 10.9 Å². The van der Waals surface area contributed by atoms with Gasteiger partial charge in [-0.05, 0) is 18.2 Å². The quantitative estimate of drug-likeness (QED) is 0.717. The molecule has 96 valence electrons. The summed E-state index contributed by atoms with van der Waals surface area (Å²) in [7, 11) is 0. The number of nitrogens with one attached hydrogen (secondary N) is 1. The van der Waals surface area contributed by atoms with E-state index < -0.39 is 0 Å². The Labute approximate surface area is 109 Å². The fraction of sp³-hybridized carbons (Fsp3) is 0.167. The van der Waals surface area contributed by atoms with Crippen molar-refractivity contribution in [2.24, 2.45) is 0 Å². The summed E-state index contributed by atoms with van der Waals surface area (Å²) in [4.78, 5) is 8.40. The van der Waals surface area contributed by atoms with Crippen molar-refractivity contribution >= 4 is 0 Å². The smallest absolute Gasteiger partial charge is 0.176 e. The minimum absolute atomic E-state index is 0.0115. The van der Waals surface area contributed by atoms with Crippen LogP contribution in [0.15, 0.2) is 36.8 Å². The van der Waals surface area contributed by atoms with Crippen LogP contribution in [-0.4, -0.2) is 41.7 Å². The topological polar surface area (TPSA) is 92.5 Å². The van der Waals surface area contributed by atoms with E-state index in [4.69, 9.17) is 5.11 Å². The van der Waals surface area contributed by atoms with Gasteiger partial charge in [0.25, 0.3) is 0 Å². The van der Waals surface area contributed by atoms with E-state index in [-0.39, 0.29) is 6.61 Å². The number of aromatic amines is 1. The zero-order chi connectivity index (χ0) is 13.1. The van der Waals surface area contributed by atoms with E-state index in [9.17, 15) is 0 Å². The van der Waals surface area contributed by atoms with E-state index in [2.05, 4.69) is 25.3 Å². The lowest BCUT2D eigenvalue weighted by Gasteiger charge is -2.00. The molecule has 2 N–H and O–H groups in total. The zero-order valence-corrected chi connectivity index (χ0v) is 10.1. The number of hydrogen-bond donors (Lipinski definition) is 2. The predicted molar refractivity (Wildman–Crippen MR) is 67.9 cm³/mol. The first-order valence-corrected chi connectivity index (χ1v) is 5.84. The molecule has 0 saturated heterocycles. The largest absolute Gasteiger partial charge is 0.394 e. The highest BCUT2D eigenvalue weighted by Gasteiger charge is 2.11. The summed E-state index contributed by atoms with van der Waals surface area (Å²) in [6.07, 6.45) is 3.17. The second kappa shape index (κ2) is 4.99. The van der Waals surface area contributed by atoms with E-state index in [1.165, 1.54) is 6.33 Å². The van der Waals surface area contributed by atoms with Gasteiger partial charge in [0.05, 0.1) is 18.8 Å². The second-order valence-corrected chi connectivity index (χ2v) is 3.91. The summed E-state index contributed by atoms with van der Waals surface area (Å²) >= 11 is 0. The third kappa shape index (κ3) is 2.23. The van der Waals surface area contributed by atoms with Gasteiger partial charge in [-0.25, -0.2) is 9.67 Å². The van der Waals surface area contributed by atoms with Crippen LogP contribution >= 0.6 is 0 Å². The molecule has 0 aliphatic heterocycles. The Balaban J connectivity index is 1.95. The standard InChI is InChI=1S/C12H12N6O/c19-6-5-18-12(14-8-15-18)11-7-10(16-17-11)9-3-1-2-4-13-9/h1-4,7-8,19H,5-6H2,(H,16,17). The molecule has 0 fully saturated rings. The average Bonchev–Trinajstić information content (AvgIpc) is 3.08. The lowest BCUT2D eigenvalue weighted by molar-refractivity contribution is 0.270. The minimum atomic E-state index is 0.0115. The number of aliphatic hydroxyl groups excluding tert-OH is 1. The van der Waals surface area contributed by atoms with Gasteiger partial charge in [-0.2, -0.15) is 10.2 Å². The highest BCUT2D eigenvalue weighted by Crippen LogP contribution is 2.20. The van der Waals surface area contributed by atoms with E-state index in [1.807, 2.05) is 24.3 Å². The number of aromatic nitrogens is 6. The first-order valence-electron chi connectivity index (χ1n) is 5.84. The fourth-order valence-corrected chi connectivity index (χ4v) is 1.81. The summed E-state index contributed by atoms with van der Waals surface area (Å²) < 4.78 is 1.62. The Morgan fingerprint density at radius 1 is 1.21 bits per heavy atom. The first-order chi connectivity index (χ1) is 9.38. The Morgan fingerprint density at radius 2 is 2.16 bits per heavy atom. The van der Waals surface area contributed by atoms with Crippen molar-refractivity contribution in [1.82, 2.24) is 29.9 Å². The van der Waals surface area contributed by atoms with Gasteiger partial charge in [-0.1, -0.05) is 6.07 Å². The van der Waals surface area contributed by atoms with Crippen molar-refractivity contribution in [3.8, 4) is 22.9 Å². The Morgan fingerprint density at radius 3 is 2.95 bits per heavy atom. The highest BCUT2D eigenvalue weighted by molar-refractivity contribution is 5.61. The van der Waals surface area contributed by atoms with Crippen LogP contribution in [-0.2, 0) is 6.54 Å². The summed E-state index contributed by atoms with van der Waals surface area (Å²) in [6, 6.07) is 7.51. The summed E-state index contributed by atoms with van der Waals surface area (Å²) in [5, 5.41) is 20.1. The van der Waals surface area contributed by atoms with Crippen LogP contribution in [0, 0.1) is 0 Å². The summed E-state index contributed by atoms with van der Waals surface area (Å²) in [5.74, 6) is 0.642. The Bertz CT molecular complexity index is 660. The van der Waals surface area contributed by atoms with E-state index in [0.29, 0.717) is 12.4 Å². The number of nitrogens with zero attached hydrogens (tertiary/aromatic N) is 5. The Hall–Kier alpha value is -2.54. The van der Waals surface area contributed by atoms with Gasteiger partial charge in [0.2, 0.25) is 0 Å². The van der Waals surface area contributed by atoms with Crippen LogP contribution in [0.1, 0.15) is 0 Å². The van der Waals surface area contributed by atoms with Gasteiger partial charge in [0, 0.05) is 6.20 Å². The molecule has 0 bridgehead atoms. The zero-order valence-electron chi connectivity index (χ0n) is 10.1. The molecule has 3 aromatic heterocycles. The molecule has 0 unspecified atom stereocenters. The lowest BCUT2D eigenvalue weighted by atomic mass is 10.2. The van der Waals surface area contributed by atoms with Gasteiger partial charge >= 0.3 is 0 Å². The number of hydrogen-bond acceptors (Lipinski definition) is 5. The van der Waals surface area contributed by atoms with Crippen LogP contribution in [0.25, 0.3) is 22.9 Å². The molecule has 0 aromatic carbocycles. The van der Waals surface area contributed by atoms with Crippen molar-refractivity contribution in [1.29, 1.82) is 0 Å². The molecule has 7 heteroatoms. The number of pyridine rings is 1. The van der Waals surface area contributed by atoms with Crippen LogP contribution in [0.5, 0.6) is 0 Å². The van der Waals surface area contributed by atoms with Crippen molar-refractivity contribution in [3.63, 3.8) is 0 Å². The lowest BCUT2D eigenvalue weighted by Crippen LogP contribution is -2.06. The first kappa shape index (κ1) is 11.5. The molecule has 0 spiro atoms. The molecular weight excluding hydrogens is 244 g/mol. The van der Waals surface area contributed by atoms with E-state index >= 15 is 0 Å². The average molecular weight is 256 g/mol. The summed E-state index contributed by atoms with van der Waals surface area (Å²) in [6.45, 7) is 0.408. The molecular formula is C12H12N6O. The van der Waals surface area contributed by atoms with Crippen molar-refractivity contribution in [2.45, 2.75) is 6.54 Å². The van der Waals surface area contributed by atoms with Crippen LogP contribution in [0.2, 0.25) is 0 Å². The number of aliphatic hydroxyl groups is 1. The van der Waals surface area contributed by atoms with Gasteiger partial charge in [-0.15, -0.1) is 0 Å². The summed E-state index contributed by atoms with van der Waals surface area (Å²) in [5.41, 5.74) is 2.28. The monoisotopic (exact) mass is 256 g/mol. The molecule has 3 rings (SSSR count). The van der Waals surface area contributed by atoms with Crippen molar-refractivity contribution in [2.75, 3.05) is 6.61 Å². The highest BCUT2D eigenvalue weighted by atomic mass is 16.3. The molecule has 0 aliphatic rings. The third-order valence-corrected chi connectivity index (χ3v) is 2.67. The molecule has 0 radical (unpaired) electrons. The third-order valence-electron chi connectivity index (χ3n) is 2.67. The van der Waals surface area contributed by atoms with E-state index in [0.717, 1.165) is 17.1 Å². The minimum Gasteiger partial charge on any atom is -0.394 e. The second-order valence-electron chi connectivity index (χ2n) is 3.91. The molecule has 0 aliphatic carbocycles. The predicted octanol–water partition coefficient (Wildman–Crippen LogP) is 0.722. The SMILES string of the molecule is OCCn1ncnc1-c1cc(-c2ccccn2)n[nH]1. The maximum absolute atomic E-state index is 8.97. The molecule has 3 aromatic rings. The van der Waals surface area contributed by atoms with Crippen molar-refractivity contribution in [3.05, 3.63) is 36.8 Å². The van der Waals surface area contributed by atoms with Gasteiger partial charge < -0.3 is 5.11 Å². The van der Waals surface area contributed by atoms with Crippen LogP contribution in [0.4, 0.5) is 0 Å². The molecule has 7 nitrogen and oxygen atoms in total. The van der Waals surface area contributed by atoms with Crippen molar-refractivity contribution < 1.29 is 5.11 Å². The van der Waals surface area contributed by atoms with Crippen LogP contribution in [0.3, 0.4) is 0 Å². The molecule has 19 heavy (non-hydrogen) atoms. The van der Waals surface area contributed by atoms with Crippen LogP contribution < -0.4 is 0 Å². The molecule has 0 saturated carbocycles. The maximum Gasteiger partial charge on any atom is 0.176 e. The Kier molecular flexibility index (Phi) is 3.03. The number of H-pyrrole nitrogens is 1. The maximum atomic E-state index is 8.97. The molecule has 3 heterocycles. The fourth-order valence-electron chi connectivity index (χ4n) is 1.81. The van der Waals surface area contributed by atoms with Gasteiger partial charge in [-0.3, -0.25) is 10.1 Å². The van der Waals surface area contributed by atoms with Gasteiger partial charge in [0.15, 0.2) is 5.82 Å². The molecule has 0 amide bonds. The number of rotatable bonds is 4. The van der Waals surface area contributed by atoms with Gasteiger partial charge in [0.1, 0.15) is 17.7 Å². The normalized spacial score (nSPS) is 10.8. The molecule has 0 atom stereocenters.